The molecule has 47 heavy (non-hydrogen) atoms. The zero-order valence-electron chi connectivity index (χ0n) is 25.3. The Morgan fingerprint density at radius 2 is 1.00 bits per heavy atom. The topological polar surface area (TPSA) is 22.8 Å². The summed E-state index contributed by atoms with van der Waals surface area (Å²) in [4.78, 5) is 5.07. The number of aromatic nitrogens is 3. The van der Waals surface area contributed by atoms with E-state index in [9.17, 15) is 0 Å². The van der Waals surface area contributed by atoms with E-state index in [2.05, 4.69) is 173 Å². The van der Waals surface area contributed by atoms with Crippen LogP contribution in [-0.2, 0) is 0 Å². The molecule has 3 aromatic heterocycles. The fraction of sp³-hybridized carbons (Fsp3) is 0. The van der Waals surface area contributed by atoms with E-state index in [0.29, 0.717) is 0 Å². The van der Waals surface area contributed by atoms with Gasteiger partial charge in [-0.05, 0) is 71.8 Å². The van der Waals surface area contributed by atoms with Gasteiger partial charge in [-0.25, -0.2) is 4.98 Å². The zero-order valence-corrected chi connectivity index (χ0v) is 26.2. The fourth-order valence-corrected chi connectivity index (χ4v) is 8.24. The molecule has 0 amide bonds. The van der Waals surface area contributed by atoms with E-state index in [0.717, 1.165) is 27.5 Å². The highest BCUT2D eigenvalue weighted by Gasteiger charge is 2.20. The van der Waals surface area contributed by atoms with Gasteiger partial charge >= 0.3 is 0 Å². The van der Waals surface area contributed by atoms with Crippen LogP contribution in [0.4, 0.5) is 0 Å². The molecular formula is C43H27N3S. The smallest absolute Gasteiger partial charge is 0.126 e. The quantitative estimate of drug-likeness (QED) is 0.193. The van der Waals surface area contributed by atoms with E-state index in [1.54, 1.807) is 11.3 Å². The summed E-state index contributed by atoms with van der Waals surface area (Å²) in [6.45, 7) is 0. The van der Waals surface area contributed by atoms with Crippen LogP contribution in [0.15, 0.2) is 164 Å². The molecule has 0 aliphatic rings. The maximum atomic E-state index is 5.07. The molecule has 0 aliphatic carbocycles. The van der Waals surface area contributed by atoms with Gasteiger partial charge in [0.25, 0.3) is 0 Å². The van der Waals surface area contributed by atoms with E-state index in [4.69, 9.17) is 4.98 Å². The lowest BCUT2D eigenvalue weighted by Crippen LogP contribution is -1.97. The third-order valence-corrected chi connectivity index (χ3v) is 10.4. The van der Waals surface area contributed by atoms with Crippen molar-refractivity contribution in [3.8, 4) is 33.1 Å². The molecule has 0 radical (unpaired) electrons. The van der Waals surface area contributed by atoms with Crippen molar-refractivity contribution in [2.24, 2.45) is 0 Å². The van der Waals surface area contributed by atoms with Crippen LogP contribution in [0, 0.1) is 0 Å². The Morgan fingerprint density at radius 3 is 1.74 bits per heavy atom. The van der Waals surface area contributed by atoms with Gasteiger partial charge in [0.1, 0.15) is 5.01 Å². The molecule has 0 fully saturated rings. The first kappa shape index (κ1) is 26.3. The fourth-order valence-electron chi connectivity index (χ4n) is 7.24. The summed E-state index contributed by atoms with van der Waals surface area (Å²) in [5.41, 5.74) is 11.7. The van der Waals surface area contributed by atoms with Crippen LogP contribution in [-0.4, -0.2) is 14.1 Å². The van der Waals surface area contributed by atoms with Gasteiger partial charge in [-0.2, -0.15) is 0 Å². The van der Waals surface area contributed by atoms with E-state index >= 15 is 0 Å². The van der Waals surface area contributed by atoms with E-state index < -0.39 is 0 Å². The molecule has 0 N–H and O–H groups in total. The Kier molecular flexibility index (Phi) is 5.74. The Bertz CT molecular complexity index is 2750. The lowest BCUT2D eigenvalue weighted by atomic mass is 10.1. The van der Waals surface area contributed by atoms with Crippen molar-refractivity contribution in [2.45, 2.75) is 0 Å². The summed E-state index contributed by atoms with van der Waals surface area (Å²) >= 11 is 1.75. The van der Waals surface area contributed by atoms with Crippen molar-refractivity contribution < 1.29 is 0 Å². The molecule has 0 aliphatic heterocycles. The molecule has 0 unspecified atom stereocenters. The summed E-state index contributed by atoms with van der Waals surface area (Å²) in [5, 5.41) is 5.98. The normalized spacial score (nSPS) is 11.8. The third kappa shape index (κ3) is 4.02. The van der Waals surface area contributed by atoms with Gasteiger partial charge in [-0.1, -0.05) is 103 Å². The molecule has 10 rings (SSSR count). The molecule has 4 heteroatoms. The molecule has 0 atom stereocenters. The second kappa shape index (κ2) is 10.3. The first-order chi connectivity index (χ1) is 23.3. The van der Waals surface area contributed by atoms with Gasteiger partial charge in [0, 0.05) is 32.8 Å². The van der Waals surface area contributed by atoms with Crippen LogP contribution < -0.4 is 0 Å². The largest absolute Gasteiger partial charge is 0.309 e. The number of hydrogen-bond donors (Lipinski definition) is 0. The van der Waals surface area contributed by atoms with Crippen molar-refractivity contribution in [3.05, 3.63) is 164 Å². The predicted molar refractivity (Wildman–Crippen MR) is 199 cm³/mol. The van der Waals surface area contributed by atoms with Gasteiger partial charge in [-0.3, -0.25) is 0 Å². The Labute approximate surface area is 275 Å². The third-order valence-electron chi connectivity index (χ3n) is 9.37. The summed E-state index contributed by atoms with van der Waals surface area (Å²) < 4.78 is 6.05. The molecule has 0 spiro atoms. The summed E-state index contributed by atoms with van der Waals surface area (Å²) in [6.07, 6.45) is 0. The monoisotopic (exact) mass is 617 g/mol. The Hall–Kier alpha value is -5.97. The standard InChI is InChI=1S/C43H27N3S/c1-2-12-28(13-3-1)29-22-24-30(25-23-29)45-37-18-8-4-14-31(37)34-27-41-35(26-40(34)45)32-15-5-9-19-38(32)46(41)39-20-10-6-16-33(39)43-44-36-17-7-11-21-42(36)47-43/h1-27H. The average Bonchev–Trinajstić information content (AvgIpc) is 3.81. The van der Waals surface area contributed by atoms with E-state index in [1.807, 2.05) is 0 Å². The minimum Gasteiger partial charge on any atom is -0.309 e. The van der Waals surface area contributed by atoms with Crippen LogP contribution >= 0.6 is 11.3 Å². The molecule has 3 nitrogen and oxygen atoms in total. The number of fused-ring (bicyclic) bond motifs is 7. The zero-order chi connectivity index (χ0) is 30.9. The van der Waals surface area contributed by atoms with Crippen LogP contribution in [0.1, 0.15) is 0 Å². The predicted octanol–water partition coefficient (Wildman–Crippen LogP) is 11.8. The minimum absolute atomic E-state index is 1.03. The van der Waals surface area contributed by atoms with Crippen LogP contribution in [0.2, 0.25) is 0 Å². The van der Waals surface area contributed by atoms with Crippen molar-refractivity contribution in [1.29, 1.82) is 0 Å². The van der Waals surface area contributed by atoms with Crippen LogP contribution in [0.5, 0.6) is 0 Å². The molecule has 0 saturated heterocycles. The lowest BCUT2D eigenvalue weighted by molar-refractivity contribution is 1.17. The number of para-hydroxylation sites is 4. The van der Waals surface area contributed by atoms with Crippen molar-refractivity contribution in [1.82, 2.24) is 14.1 Å². The second-order valence-corrected chi connectivity index (χ2v) is 13.0. The Morgan fingerprint density at radius 1 is 0.426 bits per heavy atom. The molecule has 220 valence electrons. The van der Waals surface area contributed by atoms with Gasteiger partial charge < -0.3 is 9.13 Å². The lowest BCUT2D eigenvalue weighted by Gasteiger charge is -2.12. The summed E-state index contributed by atoms with van der Waals surface area (Å²) in [6, 6.07) is 59.0. The number of benzene rings is 7. The Balaban J connectivity index is 1.25. The van der Waals surface area contributed by atoms with E-state index in [-0.39, 0.29) is 0 Å². The second-order valence-electron chi connectivity index (χ2n) is 12.0. The highest BCUT2D eigenvalue weighted by molar-refractivity contribution is 7.21. The molecule has 7 aromatic carbocycles. The first-order valence-electron chi connectivity index (χ1n) is 15.9. The SMILES string of the molecule is c1ccc(-c2ccc(-n3c4ccccc4c4cc5c(cc43)c3ccccc3n5-c3ccccc3-c3nc4ccccc4s3)cc2)cc1. The molecule has 0 saturated carbocycles. The molecule has 10 aromatic rings. The van der Waals surface area contributed by atoms with Gasteiger partial charge in [-0.15, -0.1) is 11.3 Å². The molecule has 3 heterocycles. The van der Waals surface area contributed by atoms with Gasteiger partial charge in [0.15, 0.2) is 0 Å². The maximum Gasteiger partial charge on any atom is 0.126 e. The highest BCUT2D eigenvalue weighted by atomic mass is 32.1. The van der Waals surface area contributed by atoms with Gasteiger partial charge in [0.2, 0.25) is 0 Å². The molecule has 0 bridgehead atoms. The maximum absolute atomic E-state index is 5.07. The first-order valence-corrected chi connectivity index (χ1v) is 16.7. The minimum atomic E-state index is 1.03. The average molecular weight is 618 g/mol. The van der Waals surface area contributed by atoms with Crippen molar-refractivity contribution in [2.75, 3.05) is 0 Å². The van der Waals surface area contributed by atoms with Crippen molar-refractivity contribution in [3.63, 3.8) is 0 Å². The van der Waals surface area contributed by atoms with Crippen molar-refractivity contribution >= 4 is 65.2 Å². The van der Waals surface area contributed by atoms with Gasteiger partial charge in [0.05, 0.1) is 38.0 Å². The number of nitrogens with zero attached hydrogens (tertiary/aromatic N) is 3. The number of hydrogen-bond acceptors (Lipinski definition) is 2. The highest BCUT2D eigenvalue weighted by Crippen LogP contribution is 2.42. The summed E-state index contributed by atoms with van der Waals surface area (Å²) in [7, 11) is 0. The number of rotatable bonds is 4. The van der Waals surface area contributed by atoms with Crippen LogP contribution in [0.3, 0.4) is 0 Å². The molecular weight excluding hydrogens is 591 g/mol. The number of thiazole rings is 1. The van der Waals surface area contributed by atoms with E-state index in [1.165, 1.54) is 59.4 Å². The summed E-state index contributed by atoms with van der Waals surface area (Å²) in [5.74, 6) is 0. The van der Waals surface area contributed by atoms with Crippen LogP contribution in [0.25, 0.3) is 86.9 Å².